The van der Waals surface area contributed by atoms with E-state index in [2.05, 4.69) is 10.1 Å². The third kappa shape index (κ3) is 3.77. The third-order valence-electron chi connectivity index (χ3n) is 7.33. The molecule has 12 heteroatoms. The number of aliphatic hydroxyl groups is 1. The van der Waals surface area contributed by atoms with E-state index in [1.165, 1.54) is 19.2 Å². The van der Waals surface area contributed by atoms with Gasteiger partial charge in [-0.3, -0.25) is 33.6 Å². The van der Waals surface area contributed by atoms with Gasteiger partial charge in [-0.2, -0.15) is 0 Å². The van der Waals surface area contributed by atoms with Gasteiger partial charge in [0.2, 0.25) is 11.8 Å². The Kier molecular flexibility index (Phi) is 6.25. The minimum Gasteiger partial charge on any atom is -0.505 e. The Morgan fingerprint density at radius 3 is 2.44 bits per heavy atom. The number of ether oxygens (including phenoxy) is 1. The number of esters is 1. The van der Waals surface area contributed by atoms with Gasteiger partial charge in [0.15, 0.2) is 34.7 Å². The second-order valence-corrected chi connectivity index (χ2v) is 9.36. The Morgan fingerprint density at radius 1 is 1.11 bits per heavy atom. The normalized spacial score (nSPS) is 29.1. The molecule has 0 spiro atoms. The molecule has 0 saturated heterocycles. The molecule has 0 aromatic heterocycles. The van der Waals surface area contributed by atoms with Crippen LogP contribution in [0.4, 0.5) is 5.69 Å². The van der Waals surface area contributed by atoms with Gasteiger partial charge in [0.1, 0.15) is 5.75 Å². The minimum absolute atomic E-state index is 0.00612. The quantitative estimate of drug-likeness (QED) is 0.225. The summed E-state index contributed by atoms with van der Waals surface area (Å²) in [6.45, 7) is 0. The van der Waals surface area contributed by atoms with E-state index in [-0.39, 0.29) is 36.9 Å². The molecule has 36 heavy (non-hydrogen) atoms. The number of nitrogens with one attached hydrogen (secondary N) is 1. The first-order valence-electron chi connectivity index (χ1n) is 11.3. The summed E-state index contributed by atoms with van der Waals surface area (Å²) in [5.41, 5.74) is 2.47. The van der Waals surface area contributed by atoms with Gasteiger partial charge in [-0.1, -0.05) is 6.07 Å². The van der Waals surface area contributed by atoms with Crippen molar-refractivity contribution in [2.24, 2.45) is 29.4 Å². The Balaban J connectivity index is 1.65. The number of hydrogen-bond donors (Lipinski definition) is 4. The van der Waals surface area contributed by atoms with Gasteiger partial charge >= 0.3 is 5.97 Å². The summed E-state index contributed by atoms with van der Waals surface area (Å²) in [6.07, 6.45) is -0.721. The summed E-state index contributed by atoms with van der Waals surface area (Å²) in [6, 6.07) is 2.88. The first-order valence-corrected chi connectivity index (χ1v) is 11.3. The van der Waals surface area contributed by atoms with Crippen molar-refractivity contribution in [1.29, 1.82) is 0 Å². The molecule has 3 aliphatic carbocycles. The van der Waals surface area contributed by atoms with Gasteiger partial charge < -0.3 is 26.0 Å². The van der Waals surface area contributed by atoms with Crippen molar-refractivity contribution >= 4 is 46.6 Å². The fourth-order valence-corrected chi connectivity index (χ4v) is 5.57. The number of primary amides is 1. The molecule has 0 radical (unpaired) electrons. The largest absolute Gasteiger partial charge is 0.505 e. The maximum Gasteiger partial charge on any atom is 0.306 e. The molecule has 12 nitrogen and oxygen atoms in total. The summed E-state index contributed by atoms with van der Waals surface area (Å²) in [5.74, 6) is -12.4. The number of amides is 2. The summed E-state index contributed by atoms with van der Waals surface area (Å²) < 4.78 is 4.47. The number of methoxy groups -OCH3 is 1. The number of phenols is 1. The van der Waals surface area contributed by atoms with Crippen molar-refractivity contribution in [2.45, 2.75) is 37.7 Å². The second-order valence-electron chi connectivity index (χ2n) is 9.36. The van der Waals surface area contributed by atoms with Crippen molar-refractivity contribution in [1.82, 2.24) is 0 Å². The number of rotatable bonds is 5. The SMILES string of the molecule is COC(=O)CCC(=O)Nc1ccc2c(c1O)C(=O)C1C(=O)[C@]3(O)C(=O)C(C(N)=O)C(=O)C[C@@H]3C[C@@H]1C2. The van der Waals surface area contributed by atoms with Crippen molar-refractivity contribution in [2.75, 3.05) is 12.4 Å². The van der Waals surface area contributed by atoms with Crippen LogP contribution >= 0.6 is 0 Å². The number of benzene rings is 1. The van der Waals surface area contributed by atoms with Gasteiger partial charge in [-0.25, -0.2) is 0 Å². The Bertz CT molecular complexity index is 1240. The van der Waals surface area contributed by atoms with Crippen LogP contribution in [-0.2, 0) is 39.9 Å². The molecule has 4 rings (SSSR count). The predicted octanol–water partition coefficient (Wildman–Crippen LogP) is -0.781. The number of hydrogen-bond acceptors (Lipinski definition) is 10. The van der Waals surface area contributed by atoms with Crippen LogP contribution in [0.1, 0.15) is 41.6 Å². The van der Waals surface area contributed by atoms with Crippen LogP contribution in [0.25, 0.3) is 0 Å². The number of Topliss-reactive ketones (excluding diaryl/α,β-unsaturated/α-hetero) is 4. The molecule has 3 aliphatic rings. The van der Waals surface area contributed by atoms with E-state index in [9.17, 15) is 43.8 Å². The predicted molar refractivity (Wildman–Crippen MR) is 118 cm³/mol. The highest BCUT2D eigenvalue weighted by Gasteiger charge is 2.66. The number of phenolic OH excluding ortho intramolecular Hbond substituents is 1. The molecular formula is C24H24N2O10. The van der Waals surface area contributed by atoms with Crippen LogP contribution in [0, 0.1) is 23.7 Å². The topological polar surface area (TPSA) is 207 Å². The number of ketones is 4. The summed E-state index contributed by atoms with van der Waals surface area (Å²) >= 11 is 0. The van der Waals surface area contributed by atoms with Crippen LogP contribution in [-0.4, -0.2) is 63.8 Å². The molecule has 5 atom stereocenters. The van der Waals surface area contributed by atoms with Crippen molar-refractivity contribution in [3.05, 3.63) is 23.3 Å². The molecular weight excluding hydrogens is 476 g/mol. The van der Waals surface area contributed by atoms with Crippen molar-refractivity contribution < 1.29 is 48.5 Å². The van der Waals surface area contributed by atoms with Gasteiger partial charge in [-0.05, 0) is 30.4 Å². The van der Waals surface area contributed by atoms with E-state index >= 15 is 0 Å². The van der Waals surface area contributed by atoms with Gasteiger partial charge in [-0.15, -0.1) is 0 Å². The number of carbonyl (C=O) groups is 7. The maximum atomic E-state index is 13.4. The summed E-state index contributed by atoms with van der Waals surface area (Å²) in [4.78, 5) is 87.2. The highest BCUT2D eigenvalue weighted by atomic mass is 16.5. The van der Waals surface area contributed by atoms with Crippen LogP contribution in [0.3, 0.4) is 0 Å². The minimum atomic E-state index is -2.72. The average molecular weight is 500 g/mol. The van der Waals surface area contributed by atoms with Crippen LogP contribution < -0.4 is 11.1 Å². The summed E-state index contributed by atoms with van der Waals surface area (Å²) in [5, 5.41) is 24.3. The molecule has 2 unspecified atom stereocenters. The molecule has 0 aliphatic heterocycles. The zero-order valence-electron chi connectivity index (χ0n) is 19.2. The van der Waals surface area contributed by atoms with Gasteiger partial charge in [0, 0.05) is 18.8 Å². The fourth-order valence-electron chi connectivity index (χ4n) is 5.57. The highest BCUT2D eigenvalue weighted by molar-refractivity contribution is 6.31. The van der Waals surface area contributed by atoms with E-state index in [0.29, 0.717) is 5.56 Å². The molecule has 1 aromatic carbocycles. The number of nitrogens with two attached hydrogens (primary N) is 1. The molecule has 2 saturated carbocycles. The average Bonchev–Trinajstić information content (AvgIpc) is 2.81. The molecule has 2 fully saturated rings. The zero-order chi connectivity index (χ0) is 26.5. The van der Waals surface area contributed by atoms with E-state index in [0.717, 1.165) is 0 Å². The van der Waals surface area contributed by atoms with E-state index < -0.39 is 82.4 Å². The number of fused-ring (bicyclic) bond motifs is 3. The Labute approximate surface area is 204 Å². The van der Waals surface area contributed by atoms with Crippen molar-refractivity contribution in [3.8, 4) is 5.75 Å². The maximum absolute atomic E-state index is 13.4. The lowest BCUT2D eigenvalue weighted by Crippen LogP contribution is -2.68. The number of aromatic hydroxyl groups is 1. The summed E-state index contributed by atoms with van der Waals surface area (Å²) in [7, 11) is 1.17. The van der Waals surface area contributed by atoms with Gasteiger partial charge in [0.25, 0.3) is 0 Å². The molecule has 0 heterocycles. The lowest BCUT2D eigenvalue weighted by Gasteiger charge is -2.48. The van der Waals surface area contributed by atoms with Crippen LogP contribution in [0.5, 0.6) is 5.75 Å². The van der Waals surface area contributed by atoms with E-state index in [1.807, 2.05) is 0 Å². The third-order valence-corrected chi connectivity index (χ3v) is 7.33. The molecule has 2 amide bonds. The lowest BCUT2D eigenvalue weighted by molar-refractivity contribution is -0.175. The molecule has 5 N–H and O–H groups in total. The second kappa shape index (κ2) is 8.94. The van der Waals surface area contributed by atoms with Gasteiger partial charge in [0.05, 0.1) is 30.7 Å². The van der Waals surface area contributed by atoms with Crippen molar-refractivity contribution in [3.63, 3.8) is 0 Å². The smallest absolute Gasteiger partial charge is 0.306 e. The number of anilines is 1. The first-order chi connectivity index (χ1) is 16.9. The Morgan fingerprint density at radius 2 is 1.81 bits per heavy atom. The van der Waals surface area contributed by atoms with Crippen LogP contribution in [0.2, 0.25) is 0 Å². The van der Waals surface area contributed by atoms with E-state index in [4.69, 9.17) is 5.73 Å². The standard InChI is InChI=1S/C24H24N2O10/c1-36-15(29)5-4-14(28)26-12-3-2-9-6-10-7-11-8-13(27)18(23(25)34)22(33)24(11,35)21(32)17(10)20(31)16(9)19(12)30/h2-3,10-11,17-18,30,35H,4-8H2,1H3,(H2,25,34)(H,26,28)/t10-,11-,17?,18?,24-/m0/s1. The van der Waals surface area contributed by atoms with Crippen LogP contribution in [0.15, 0.2) is 12.1 Å². The fraction of sp³-hybridized carbons (Fsp3) is 0.458. The highest BCUT2D eigenvalue weighted by Crippen LogP contribution is 2.50. The number of carbonyl (C=O) groups excluding carboxylic acids is 7. The first kappa shape index (κ1) is 25.2. The lowest BCUT2D eigenvalue weighted by atomic mass is 9.54. The zero-order valence-corrected chi connectivity index (χ0v) is 19.2. The molecule has 0 bridgehead atoms. The monoisotopic (exact) mass is 500 g/mol. The molecule has 1 aromatic rings. The molecule has 190 valence electrons. The Hall–Kier alpha value is -3.93. The van der Waals surface area contributed by atoms with E-state index in [1.54, 1.807) is 0 Å².